The van der Waals surface area contributed by atoms with E-state index < -0.39 is 17.9 Å². The first kappa shape index (κ1) is 11.6. The van der Waals surface area contributed by atoms with Crippen molar-refractivity contribution in [3.05, 3.63) is 11.3 Å². The summed E-state index contributed by atoms with van der Waals surface area (Å²) in [5.74, 6) is -1.25. The molecule has 1 amide bonds. The van der Waals surface area contributed by atoms with Gasteiger partial charge in [0.1, 0.15) is 5.76 Å². The van der Waals surface area contributed by atoms with Crippen LogP contribution in [-0.2, 0) is 14.3 Å². The number of esters is 1. The second-order valence-electron chi connectivity index (χ2n) is 3.91. The summed E-state index contributed by atoms with van der Waals surface area (Å²) >= 11 is 0. The van der Waals surface area contributed by atoms with Crippen molar-refractivity contribution in [3.8, 4) is 0 Å². The average Bonchev–Trinajstić information content (AvgIpc) is 2.40. The molecule has 0 aromatic heterocycles. The molecule has 1 atom stereocenters. The fourth-order valence-electron chi connectivity index (χ4n) is 1.53. The van der Waals surface area contributed by atoms with E-state index in [2.05, 4.69) is 10.1 Å². The molecule has 5 nitrogen and oxygen atoms in total. The van der Waals surface area contributed by atoms with Gasteiger partial charge >= 0.3 is 5.97 Å². The number of nitrogens with one attached hydrogen (secondary N) is 1. The molecule has 0 aromatic rings. The molecule has 0 aliphatic carbocycles. The lowest BCUT2D eigenvalue weighted by Gasteiger charge is -2.12. The largest absolute Gasteiger partial charge is 0.509 e. The smallest absolute Gasteiger partial charge is 0.347 e. The Bertz CT molecular complexity index is 319. The number of ether oxygens (including phenoxy) is 1. The lowest BCUT2D eigenvalue weighted by atomic mass is 10.0. The topological polar surface area (TPSA) is 75.6 Å². The van der Waals surface area contributed by atoms with E-state index >= 15 is 0 Å². The van der Waals surface area contributed by atoms with Crippen molar-refractivity contribution in [2.45, 2.75) is 26.3 Å². The van der Waals surface area contributed by atoms with Gasteiger partial charge in [-0.2, -0.15) is 0 Å². The summed E-state index contributed by atoms with van der Waals surface area (Å²) in [4.78, 5) is 22.5. The highest BCUT2D eigenvalue weighted by Crippen LogP contribution is 2.21. The summed E-state index contributed by atoms with van der Waals surface area (Å²) < 4.78 is 4.41. The Kier molecular flexibility index (Phi) is 3.34. The van der Waals surface area contributed by atoms with E-state index in [1.54, 1.807) is 0 Å². The normalized spacial score (nSPS) is 20.8. The average molecular weight is 213 g/mol. The van der Waals surface area contributed by atoms with Gasteiger partial charge in [0.2, 0.25) is 0 Å². The van der Waals surface area contributed by atoms with Crippen molar-refractivity contribution in [1.29, 1.82) is 0 Å². The van der Waals surface area contributed by atoms with Crippen LogP contribution < -0.4 is 5.32 Å². The van der Waals surface area contributed by atoms with Crippen molar-refractivity contribution in [2.75, 3.05) is 7.11 Å². The number of aliphatic hydroxyl groups is 1. The van der Waals surface area contributed by atoms with E-state index in [-0.39, 0.29) is 11.3 Å². The molecule has 0 fully saturated rings. The summed E-state index contributed by atoms with van der Waals surface area (Å²) in [5, 5.41) is 12.2. The molecule has 0 radical (unpaired) electrons. The van der Waals surface area contributed by atoms with Crippen LogP contribution in [-0.4, -0.2) is 30.1 Å². The van der Waals surface area contributed by atoms with E-state index in [0.717, 1.165) is 0 Å². The zero-order valence-corrected chi connectivity index (χ0v) is 9.03. The van der Waals surface area contributed by atoms with Gasteiger partial charge in [0.25, 0.3) is 5.91 Å². The summed E-state index contributed by atoms with van der Waals surface area (Å²) in [5.41, 5.74) is -0.275. The van der Waals surface area contributed by atoms with Crippen LogP contribution in [0, 0.1) is 5.92 Å². The van der Waals surface area contributed by atoms with Crippen LogP contribution in [0.5, 0.6) is 0 Å². The molecular weight excluding hydrogens is 198 g/mol. The predicted octanol–water partition coefficient (Wildman–Crippen LogP) is 0.516. The second-order valence-corrected chi connectivity index (χ2v) is 3.91. The third-order valence-corrected chi connectivity index (χ3v) is 2.22. The van der Waals surface area contributed by atoms with E-state index in [0.29, 0.717) is 12.3 Å². The van der Waals surface area contributed by atoms with Crippen LogP contribution in [0.15, 0.2) is 11.3 Å². The Labute approximate surface area is 88.1 Å². The third-order valence-electron chi connectivity index (χ3n) is 2.22. The van der Waals surface area contributed by atoms with Crippen LogP contribution in [0.4, 0.5) is 0 Å². The van der Waals surface area contributed by atoms with Gasteiger partial charge in [-0.3, -0.25) is 4.79 Å². The first-order chi connectivity index (χ1) is 6.97. The summed E-state index contributed by atoms with van der Waals surface area (Å²) in [7, 11) is 1.17. The molecule has 0 unspecified atom stereocenters. The minimum absolute atomic E-state index is 0.208. The van der Waals surface area contributed by atoms with Crippen LogP contribution in [0.3, 0.4) is 0 Å². The maximum Gasteiger partial charge on any atom is 0.347 e. The molecule has 0 saturated heterocycles. The van der Waals surface area contributed by atoms with Crippen molar-refractivity contribution in [3.63, 3.8) is 0 Å². The Balaban J connectivity index is 2.88. The zero-order valence-electron chi connectivity index (χ0n) is 9.03. The highest BCUT2D eigenvalue weighted by atomic mass is 16.5. The number of hydrogen-bond donors (Lipinski definition) is 2. The predicted molar refractivity (Wildman–Crippen MR) is 53.1 cm³/mol. The van der Waals surface area contributed by atoms with Crippen LogP contribution in [0.25, 0.3) is 0 Å². The molecule has 0 aromatic carbocycles. The molecule has 5 heteroatoms. The SMILES string of the molecule is COC(=O)C1=C(O)[C@@H](CC(C)C)NC1=O. The van der Waals surface area contributed by atoms with E-state index in [1.807, 2.05) is 13.8 Å². The quantitative estimate of drug-likeness (QED) is 0.529. The molecule has 1 rings (SSSR count). The highest BCUT2D eigenvalue weighted by Gasteiger charge is 2.36. The fraction of sp³-hybridized carbons (Fsp3) is 0.600. The van der Waals surface area contributed by atoms with Gasteiger partial charge in [-0.1, -0.05) is 13.8 Å². The standard InChI is InChI=1S/C10H15NO4/c1-5(2)4-6-8(12)7(9(13)11-6)10(14)15-3/h5-6,12H,4H2,1-3H3,(H,11,13)/t6-/m1/s1. The van der Waals surface area contributed by atoms with Gasteiger partial charge in [-0.05, 0) is 12.3 Å². The molecule has 84 valence electrons. The van der Waals surface area contributed by atoms with Gasteiger partial charge in [0, 0.05) is 0 Å². The van der Waals surface area contributed by atoms with Crippen molar-refractivity contribution >= 4 is 11.9 Å². The summed E-state index contributed by atoms with van der Waals surface area (Å²) in [6, 6.07) is -0.466. The highest BCUT2D eigenvalue weighted by molar-refractivity contribution is 6.18. The van der Waals surface area contributed by atoms with Crippen molar-refractivity contribution in [2.24, 2.45) is 5.92 Å². The Morgan fingerprint density at radius 1 is 1.60 bits per heavy atom. The Morgan fingerprint density at radius 3 is 2.67 bits per heavy atom. The number of methoxy groups -OCH3 is 1. The lowest BCUT2D eigenvalue weighted by molar-refractivity contribution is -0.137. The molecule has 1 heterocycles. The van der Waals surface area contributed by atoms with Gasteiger partial charge in [0.15, 0.2) is 5.57 Å². The minimum Gasteiger partial charge on any atom is -0.509 e. The molecule has 0 saturated carbocycles. The van der Waals surface area contributed by atoms with Crippen LogP contribution in [0.2, 0.25) is 0 Å². The van der Waals surface area contributed by atoms with Crippen molar-refractivity contribution < 1.29 is 19.4 Å². The molecular formula is C10H15NO4. The van der Waals surface area contributed by atoms with Gasteiger partial charge in [-0.15, -0.1) is 0 Å². The van der Waals surface area contributed by atoms with Crippen LogP contribution in [0.1, 0.15) is 20.3 Å². The number of amides is 1. The molecule has 2 N–H and O–H groups in total. The number of aliphatic hydroxyl groups excluding tert-OH is 1. The first-order valence-electron chi connectivity index (χ1n) is 4.79. The number of carbonyl (C=O) groups excluding carboxylic acids is 2. The molecule has 0 bridgehead atoms. The minimum atomic E-state index is -0.795. The number of rotatable bonds is 3. The van der Waals surface area contributed by atoms with Gasteiger partial charge in [0.05, 0.1) is 13.2 Å². The van der Waals surface area contributed by atoms with E-state index in [1.165, 1.54) is 7.11 Å². The van der Waals surface area contributed by atoms with Gasteiger partial charge in [-0.25, -0.2) is 4.79 Å². The first-order valence-corrected chi connectivity index (χ1v) is 4.79. The third kappa shape index (κ3) is 2.29. The maximum absolute atomic E-state index is 11.3. The monoisotopic (exact) mass is 213 g/mol. The lowest BCUT2D eigenvalue weighted by Crippen LogP contribution is -2.30. The number of carbonyl (C=O) groups is 2. The molecule has 15 heavy (non-hydrogen) atoms. The summed E-state index contributed by atoms with van der Waals surface area (Å²) in [6.07, 6.45) is 0.595. The Hall–Kier alpha value is -1.52. The van der Waals surface area contributed by atoms with E-state index in [9.17, 15) is 14.7 Å². The Morgan fingerprint density at radius 2 is 2.20 bits per heavy atom. The molecule has 0 spiro atoms. The number of hydrogen-bond acceptors (Lipinski definition) is 4. The van der Waals surface area contributed by atoms with Crippen molar-refractivity contribution in [1.82, 2.24) is 5.32 Å². The molecule has 1 aliphatic heterocycles. The summed E-state index contributed by atoms with van der Waals surface area (Å²) in [6.45, 7) is 3.94. The molecule has 1 aliphatic rings. The van der Waals surface area contributed by atoms with Crippen LogP contribution >= 0.6 is 0 Å². The zero-order chi connectivity index (χ0) is 11.6. The van der Waals surface area contributed by atoms with E-state index in [4.69, 9.17) is 0 Å². The second kappa shape index (κ2) is 4.33. The van der Waals surface area contributed by atoms with Gasteiger partial charge < -0.3 is 15.2 Å². The fourth-order valence-corrected chi connectivity index (χ4v) is 1.53. The maximum atomic E-state index is 11.3.